The van der Waals surface area contributed by atoms with E-state index >= 15 is 0 Å². The van der Waals surface area contributed by atoms with Gasteiger partial charge in [0.15, 0.2) is 0 Å². The monoisotopic (exact) mass is 587 g/mol. The van der Waals surface area contributed by atoms with E-state index in [1.807, 2.05) is 0 Å². The van der Waals surface area contributed by atoms with Crippen LogP contribution in [0.2, 0.25) is 0 Å². The van der Waals surface area contributed by atoms with E-state index < -0.39 is 52.6 Å². The van der Waals surface area contributed by atoms with Gasteiger partial charge >= 0.3 is 18.3 Å². The van der Waals surface area contributed by atoms with Crippen molar-refractivity contribution in [3.8, 4) is 0 Å². The van der Waals surface area contributed by atoms with Crippen LogP contribution in [0.5, 0.6) is 0 Å². The zero-order chi connectivity index (χ0) is 30.8. The lowest BCUT2D eigenvalue weighted by atomic mass is 10.1. The third-order valence-corrected chi connectivity index (χ3v) is 5.70. The maximum atomic E-state index is 12.5. The number of carboxylic acid groups (broad SMARTS) is 1. The van der Waals surface area contributed by atoms with Crippen LogP contribution in [0.1, 0.15) is 11.1 Å². The molecule has 222 valence electrons. The summed E-state index contributed by atoms with van der Waals surface area (Å²) in [5, 5.41) is 35.3. The highest BCUT2D eigenvalue weighted by Crippen LogP contribution is 2.14. The highest BCUT2D eigenvalue weighted by Gasteiger charge is 2.31. The first-order valence-electron chi connectivity index (χ1n) is 12.1. The summed E-state index contributed by atoms with van der Waals surface area (Å²) in [6, 6.07) is 10.0. The Morgan fingerprint density at radius 3 is 1.93 bits per heavy atom. The summed E-state index contributed by atoms with van der Waals surface area (Å²) in [4.78, 5) is 74.5. The molecule has 0 unspecified atom stereocenters. The van der Waals surface area contributed by atoms with Gasteiger partial charge in [-0.25, -0.2) is 14.4 Å². The van der Waals surface area contributed by atoms with Crippen LogP contribution in [0, 0.1) is 20.2 Å². The van der Waals surface area contributed by atoms with E-state index in [0.717, 1.165) is 9.80 Å². The van der Waals surface area contributed by atoms with Crippen LogP contribution in [-0.4, -0.2) is 87.6 Å². The Hall–Kier alpha value is -5.81. The normalized spacial score (nSPS) is 12.9. The third-order valence-electron chi connectivity index (χ3n) is 5.70. The number of nitrogens with zero attached hydrogens (tertiary/aromatic N) is 5. The van der Waals surface area contributed by atoms with Gasteiger partial charge in [0.25, 0.3) is 11.4 Å². The molecule has 3 N–H and O–H groups in total. The summed E-state index contributed by atoms with van der Waals surface area (Å²) in [6.07, 6.45) is -3.35. The molecule has 0 aromatic heterocycles. The van der Waals surface area contributed by atoms with Gasteiger partial charge in [0, 0.05) is 44.4 Å². The zero-order valence-electron chi connectivity index (χ0n) is 22.0. The molecule has 18 nitrogen and oxygen atoms in total. The molecule has 1 heterocycles. The predicted octanol–water partition coefficient (Wildman–Crippen LogP) is 1.83. The van der Waals surface area contributed by atoms with Crippen molar-refractivity contribution in [2.45, 2.75) is 19.3 Å². The molecule has 2 aromatic carbocycles. The lowest BCUT2D eigenvalue weighted by Crippen LogP contribution is -2.61. The first-order chi connectivity index (χ1) is 19.9. The molecule has 0 aliphatic carbocycles. The molecule has 2 aromatic rings. The smallest absolute Gasteiger partial charge is 0.437 e. The Labute approximate surface area is 236 Å². The van der Waals surface area contributed by atoms with E-state index in [4.69, 9.17) is 14.6 Å². The molecule has 0 bridgehead atoms. The molecule has 1 aliphatic heterocycles. The molecule has 0 atom stereocenters. The summed E-state index contributed by atoms with van der Waals surface area (Å²) in [6.45, 7) is -0.777. The highest BCUT2D eigenvalue weighted by molar-refractivity contribution is 6.00. The van der Waals surface area contributed by atoms with Crippen molar-refractivity contribution in [3.63, 3.8) is 0 Å². The third kappa shape index (κ3) is 9.14. The highest BCUT2D eigenvalue weighted by atomic mass is 16.6. The fraction of sp³-hybridized carbons (Fsp3) is 0.292. The van der Waals surface area contributed by atoms with Crippen molar-refractivity contribution in [3.05, 3.63) is 79.9 Å². The minimum absolute atomic E-state index is 0.105. The van der Waals surface area contributed by atoms with Crippen molar-refractivity contribution in [2.24, 2.45) is 4.99 Å². The van der Waals surface area contributed by atoms with Crippen molar-refractivity contribution in [1.82, 2.24) is 20.4 Å². The van der Waals surface area contributed by atoms with Crippen LogP contribution in [0.25, 0.3) is 0 Å². The van der Waals surface area contributed by atoms with E-state index in [2.05, 4.69) is 15.6 Å². The summed E-state index contributed by atoms with van der Waals surface area (Å²) < 4.78 is 10.1. The first-order valence-corrected chi connectivity index (χ1v) is 12.1. The Morgan fingerprint density at radius 2 is 1.45 bits per heavy atom. The lowest BCUT2D eigenvalue weighted by molar-refractivity contribution is -0.385. The quantitative estimate of drug-likeness (QED) is 0.165. The van der Waals surface area contributed by atoms with Gasteiger partial charge in [0.2, 0.25) is 11.9 Å². The van der Waals surface area contributed by atoms with Gasteiger partial charge in [-0.3, -0.25) is 30.3 Å². The van der Waals surface area contributed by atoms with Crippen LogP contribution in [0.4, 0.5) is 25.8 Å². The summed E-state index contributed by atoms with van der Waals surface area (Å²) in [5.41, 5.74) is 0.548. The minimum Gasteiger partial charge on any atom is -0.465 e. The van der Waals surface area contributed by atoms with Gasteiger partial charge in [0.05, 0.1) is 22.4 Å². The number of hydrogen-bond acceptors (Lipinski definition) is 10. The average Bonchev–Trinajstić information content (AvgIpc) is 2.92. The van der Waals surface area contributed by atoms with Crippen LogP contribution < -0.4 is 10.6 Å². The molecule has 3 rings (SSSR count). The van der Waals surface area contributed by atoms with Crippen LogP contribution >= 0.6 is 0 Å². The number of non-ortho nitro benzene ring substituents is 2. The molecule has 1 aliphatic rings. The number of likely N-dealkylation sites (tertiary alicyclic amines) is 1. The molecule has 0 radical (unpaired) electrons. The second-order valence-corrected chi connectivity index (χ2v) is 8.85. The van der Waals surface area contributed by atoms with Gasteiger partial charge in [-0.05, 0) is 35.4 Å². The van der Waals surface area contributed by atoms with Gasteiger partial charge in [0.1, 0.15) is 13.2 Å². The number of aliphatic imine (C=N–C) groups is 1. The van der Waals surface area contributed by atoms with E-state index in [-0.39, 0.29) is 37.7 Å². The standard InChI is InChI=1S/C24H25N7O11/c1-28(12-20(32)25-17-10-29(11-17)24(35)36)21(26-22(33)41-13-15-2-6-18(7-3-15)30(37)38)27-23(34)42-14-16-4-8-19(9-5-16)31(39)40/h2-9,17H,10-14H2,1H3,(H,25,32)(H,35,36)(H,26,27,33,34). The number of nitro groups is 2. The van der Waals surface area contributed by atoms with Crippen LogP contribution in [-0.2, 0) is 27.5 Å². The van der Waals surface area contributed by atoms with E-state index in [9.17, 15) is 39.4 Å². The molecule has 0 spiro atoms. The molecule has 18 heteroatoms. The van der Waals surface area contributed by atoms with Gasteiger partial charge in [-0.15, -0.1) is 4.99 Å². The SMILES string of the molecule is CN(CC(=O)NC1CN(C(=O)O)C1)C(=NC(=O)OCc1ccc([N+](=O)[O-])cc1)NC(=O)OCc1ccc([N+](=O)[O-])cc1. The number of guanidine groups is 1. The number of nitro benzene ring substituents is 2. The van der Waals surface area contributed by atoms with Crippen molar-refractivity contribution < 1.29 is 43.6 Å². The van der Waals surface area contributed by atoms with Crippen LogP contribution in [0.3, 0.4) is 0 Å². The number of benzene rings is 2. The maximum absolute atomic E-state index is 12.5. The minimum atomic E-state index is -1.16. The van der Waals surface area contributed by atoms with Crippen molar-refractivity contribution in [1.29, 1.82) is 0 Å². The predicted molar refractivity (Wildman–Crippen MR) is 141 cm³/mol. The second-order valence-electron chi connectivity index (χ2n) is 8.85. The van der Waals surface area contributed by atoms with Crippen molar-refractivity contribution >= 4 is 41.5 Å². The number of likely N-dealkylation sites (N-methyl/N-ethyl adjacent to an activating group) is 1. The van der Waals surface area contributed by atoms with E-state index in [0.29, 0.717) is 11.1 Å². The van der Waals surface area contributed by atoms with Gasteiger partial charge < -0.3 is 29.7 Å². The fourth-order valence-corrected chi connectivity index (χ4v) is 3.47. The second kappa shape index (κ2) is 14.0. The Balaban J connectivity index is 1.62. The lowest BCUT2D eigenvalue weighted by Gasteiger charge is -2.37. The summed E-state index contributed by atoms with van der Waals surface area (Å²) >= 11 is 0. The molecule has 4 amide bonds. The number of alkyl carbamates (subject to hydrolysis) is 1. The zero-order valence-corrected chi connectivity index (χ0v) is 22.0. The molecular formula is C24H25N7O11. The van der Waals surface area contributed by atoms with Crippen molar-refractivity contribution in [2.75, 3.05) is 26.7 Å². The first kappa shape index (κ1) is 30.7. The number of carbonyl (C=O) groups is 4. The summed E-state index contributed by atoms with van der Waals surface area (Å²) in [5.74, 6) is -0.978. The summed E-state index contributed by atoms with van der Waals surface area (Å²) in [7, 11) is 1.34. The Kier molecular flexibility index (Phi) is 10.2. The molecule has 0 saturated carbocycles. The van der Waals surface area contributed by atoms with Gasteiger partial charge in [-0.1, -0.05) is 0 Å². The molecular weight excluding hydrogens is 562 g/mol. The number of rotatable bonds is 9. The number of amides is 4. The number of nitrogens with one attached hydrogen (secondary N) is 2. The molecule has 1 fully saturated rings. The topological polar surface area (TPSA) is 236 Å². The Bertz CT molecular complexity index is 1370. The largest absolute Gasteiger partial charge is 0.465 e. The number of hydrogen-bond donors (Lipinski definition) is 3. The molecule has 42 heavy (non-hydrogen) atoms. The average molecular weight is 588 g/mol. The van der Waals surface area contributed by atoms with E-state index in [1.54, 1.807) is 0 Å². The van der Waals surface area contributed by atoms with Gasteiger partial charge in [-0.2, -0.15) is 0 Å². The molecule has 1 saturated heterocycles. The fourth-order valence-electron chi connectivity index (χ4n) is 3.47. The van der Waals surface area contributed by atoms with E-state index in [1.165, 1.54) is 55.6 Å². The number of ether oxygens (including phenoxy) is 2. The Morgan fingerprint density at radius 1 is 0.952 bits per heavy atom. The van der Waals surface area contributed by atoms with Crippen LogP contribution in [0.15, 0.2) is 53.5 Å². The maximum Gasteiger partial charge on any atom is 0.437 e. The number of carbonyl (C=O) groups excluding carboxylic acids is 3.